The summed E-state index contributed by atoms with van der Waals surface area (Å²) in [6.45, 7) is 4.15. The monoisotopic (exact) mass is 388 g/mol. The lowest BCUT2D eigenvalue weighted by Gasteiger charge is -2.21. The summed E-state index contributed by atoms with van der Waals surface area (Å²) in [6.07, 6.45) is 5.14. The molecule has 0 radical (unpaired) electrons. The zero-order chi connectivity index (χ0) is 20.4. The van der Waals surface area contributed by atoms with Crippen molar-refractivity contribution in [2.24, 2.45) is 0 Å². The fraction of sp³-hybridized carbons (Fsp3) is 0.217. The van der Waals surface area contributed by atoms with E-state index in [-0.39, 0.29) is 11.9 Å². The van der Waals surface area contributed by atoms with Crippen LogP contribution in [0.2, 0.25) is 0 Å². The maximum atomic E-state index is 13.1. The molecule has 4 rings (SSSR count). The fourth-order valence-corrected chi connectivity index (χ4v) is 3.66. The van der Waals surface area contributed by atoms with E-state index in [9.17, 15) is 4.79 Å². The number of benzene rings is 2. The van der Waals surface area contributed by atoms with Gasteiger partial charge in [-0.05, 0) is 34.9 Å². The first kappa shape index (κ1) is 18.8. The number of amides is 1. The molecule has 1 aliphatic heterocycles. The van der Waals surface area contributed by atoms with Crippen LogP contribution < -0.4 is 15.0 Å². The number of likely N-dealkylation sites (N-methyl/N-ethyl adjacent to an activating group) is 1. The highest BCUT2D eigenvalue weighted by atomic mass is 16.5. The fourth-order valence-electron chi connectivity index (χ4n) is 3.66. The molecule has 1 unspecified atom stereocenters. The maximum absolute atomic E-state index is 13.1. The third kappa shape index (κ3) is 3.87. The molecule has 1 aliphatic rings. The first-order valence-electron chi connectivity index (χ1n) is 9.52. The number of nitrogens with one attached hydrogen (secondary N) is 2. The van der Waals surface area contributed by atoms with E-state index in [4.69, 9.17) is 4.74 Å². The first-order chi connectivity index (χ1) is 14.0. The normalized spacial score (nSPS) is 16.2. The van der Waals surface area contributed by atoms with Gasteiger partial charge in [0.2, 0.25) is 5.91 Å². The van der Waals surface area contributed by atoms with E-state index in [1.807, 2.05) is 30.6 Å². The smallest absolute Gasteiger partial charge is 0.249 e. The van der Waals surface area contributed by atoms with E-state index in [1.165, 1.54) is 5.56 Å². The number of hydrogen-bond donors (Lipinski definition) is 2. The zero-order valence-corrected chi connectivity index (χ0v) is 16.6. The highest BCUT2D eigenvalue weighted by Crippen LogP contribution is 2.32. The number of carbonyl (C=O) groups is 1. The third-order valence-corrected chi connectivity index (χ3v) is 5.29. The van der Waals surface area contributed by atoms with Crippen LogP contribution in [0.15, 0.2) is 61.4 Å². The van der Waals surface area contributed by atoms with Gasteiger partial charge in [-0.2, -0.15) is 5.10 Å². The van der Waals surface area contributed by atoms with Gasteiger partial charge in [0.05, 0.1) is 19.0 Å². The molecule has 0 bridgehead atoms. The van der Waals surface area contributed by atoms with Crippen LogP contribution in [0.3, 0.4) is 0 Å². The molecule has 2 aromatic carbocycles. The summed E-state index contributed by atoms with van der Waals surface area (Å²) < 4.78 is 5.32. The van der Waals surface area contributed by atoms with Crippen LogP contribution in [0.5, 0.6) is 5.75 Å². The lowest BCUT2D eigenvalue weighted by molar-refractivity contribution is -0.119. The van der Waals surface area contributed by atoms with Crippen LogP contribution in [-0.4, -0.2) is 36.3 Å². The molecule has 3 aromatic rings. The van der Waals surface area contributed by atoms with Gasteiger partial charge in [0.15, 0.2) is 0 Å². The Morgan fingerprint density at radius 1 is 1.14 bits per heavy atom. The number of ether oxygens (including phenoxy) is 1. The molecule has 6 heteroatoms. The molecular formula is C23H24N4O2. The number of H-pyrrole nitrogens is 1. The predicted octanol–water partition coefficient (Wildman–Crippen LogP) is 3.16. The minimum Gasteiger partial charge on any atom is -0.497 e. The predicted molar refractivity (Wildman–Crippen MR) is 114 cm³/mol. The van der Waals surface area contributed by atoms with Crippen LogP contribution in [0.4, 0.5) is 5.69 Å². The Balaban J connectivity index is 1.52. The average Bonchev–Trinajstić information content (AvgIpc) is 3.23. The molecule has 1 aromatic heterocycles. The van der Waals surface area contributed by atoms with E-state index >= 15 is 0 Å². The highest BCUT2D eigenvalue weighted by Gasteiger charge is 2.29. The summed E-state index contributed by atoms with van der Waals surface area (Å²) in [6, 6.07) is 13.6. The van der Waals surface area contributed by atoms with Crippen molar-refractivity contribution in [1.29, 1.82) is 0 Å². The quantitative estimate of drug-likeness (QED) is 0.704. The standard InChI is InChI=1S/C23H24N4O2/c1-15-20-12-19(29-3)8-9-22(20)27(2)23(28)21(26-15)11-17-6-4-16(5-7-17)10-18-13-24-25-14-18/h4-9,12-14,21,26H,1,10-11H2,2-3H3,(H,24,25). The molecule has 1 atom stereocenters. The van der Waals surface area contributed by atoms with Crippen molar-refractivity contribution >= 4 is 17.3 Å². The van der Waals surface area contributed by atoms with Crippen molar-refractivity contribution in [1.82, 2.24) is 15.5 Å². The van der Waals surface area contributed by atoms with E-state index in [2.05, 4.69) is 46.4 Å². The van der Waals surface area contributed by atoms with E-state index in [0.717, 1.165) is 40.2 Å². The van der Waals surface area contributed by atoms with Crippen LogP contribution in [0.25, 0.3) is 5.70 Å². The summed E-state index contributed by atoms with van der Waals surface area (Å²) in [5.74, 6) is 0.747. The lowest BCUT2D eigenvalue weighted by atomic mass is 10.0. The molecule has 0 fully saturated rings. The van der Waals surface area contributed by atoms with Crippen molar-refractivity contribution in [3.05, 3.63) is 83.7 Å². The number of methoxy groups -OCH3 is 1. The topological polar surface area (TPSA) is 70.2 Å². The molecule has 148 valence electrons. The number of anilines is 1. The number of nitrogens with zero attached hydrogens (tertiary/aromatic N) is 2. The second-order valence-corrected chi connectivity index (χ2v) is 7.26. The van der Waals surface area contributed by atoms with Gasteiger partial charge in [-0.3, -0.25) is 9.89 Å². The number of hydrogen-bond acceptors (Lipinski definition) is 4. The van der Waals surface area contributed by atoms with Crippen molar-refractivity contribution in [3.8, 4) is 5.75 Å². The summed E-state index contributed by atoms with van der Waals surface area (Å²) in [5.41, 5.74) is 5.86. The minimum absolute atomic E-state index is 0.0116. The number of rotatable bonds is 5. The minimum atomic E-state index is -0.384. The lowest BCUT2D eigenvalue weighted by Crippen LogP contribution is -2.43. The molecule has 0 saturated carbocycles. The van der Waals surface area contributed by atoms with Crippen molar-refractivity contribution in [3.63, 3.8) is 0 Å². The number of carbonyl (C=O) groups excluding carboxylic acids is 1. The molecule has 0 spiro atoms. The first-order valence-corrected chi connectivity index (χ1v) is 9.52. The van der Waals surface area contributed by atoms with Crippen molar-refractivity contribution in [2.75, 3.05) is 19.1 Å². The Bertz CT molecular complexity index is 1030. The van der Waals surface area contributed by atoms with Crippen LogP contribution in [0.1, 0.15) is 22.3 Å². The van der Waals surface area contributed by atoms with Crippen LogP contribution in [0, 0.1) is 0 Å². The average molecular weight is 388 g/mol. The molecule has 6 nitrogen and oxygen atoms in total. The second-order valence-electron chi connectivity index (χ2n) is 7.26. The number of aromatic nitrogens is 2. The van der Waals surface area contributed by atoms with E-state index in [0.29, 0.717) is 6.42 Å². The molecule has 2 heterocycles. The molecule has 0 aliphatic carbocycles. The van der Waals surface area contributed by atoms with Crippen molar-refractivity contribution in [2.45, 2.75) is 18.9 Å². The third-order valence-electron chi connectivity index (χ3n) is 5.29. The van der Waals surface area contributed by atoms with Gasteiger partial charge in [0.1, 0.15) is 11.8 Å². The number of aromatic amines is 1. The van der Waals surface area contributed by atoms with Gasteiger partial charge in [-0.1, -0.05) is 30.8 Å². The Kier molecular flexibility index (Phi) is 5.08. The summed E-state index contributed by atoms with van der Waals surface area (Å²) >= 11 is 0. The van der Waals surface area contributed by atoms with Gasteiger partial charge >= 0.3 is 0 Å². The molecule has 1 amide bonds. The number of fused-ring (bicyclic) bond motifs is 1. The van der Waals surface area contributed by atoms with Gasteiger partial charge < -0.3 is 15.0 Å². The van der Waals surface area contributed by atoms with E-state index < -0.39 is 0 Å². The highest BCUT2D eigenvalue weighted by molar-refractivity contribution is 6.02. The van der Waals surface area contributed by atoms with Gasteiger partial charge in [0.25, 0.3) is 0 Å². The van der Waals surface area contributed by atoms with Crippen LogP contribution >= 0.6 is 0 Å². The summed E-state index contributed by atoms with van der Waals surface area (Å²) in [4.78, 5) is 14.8. The molecule has 2 N–H and O–H groups in total. The van der Waals surface area contributed by atoms with E-state index in [1.54, 1.807) is 19.1 Å². The zero-order valence-electron chi connectivity index (χ0n) is 16.6. The Labute approximate surface area is 170 Å². The molecule has 0 saturated heterocycles. The Morgan fingerprint density at radius 2 is 1.90 bits per heavy atom. The maximum Gasteiger partial charge on any atom is 0.249 e. The molecule has 29 heavy (non-hydrogen) atoms. The van der Waals surface area contributed by atoms with Gasteiger partial charge in [-0.25, -0.2) is 0 Å². The van der Waals surface area contributed by atoms with Crippen molar-refractivity contribution < 1.29 is 9.53 Å². The molecular weight excluding hydrogens is 364 g/mol. The summed E-state index contributed by atoms with van der Waals surface area (Å²) in [7, 11) is 3.43. The van der Waals surface area contributed by atoms with Crippen LogP contribution in [-0.2, 0) is 17.6 Å². The van der Waals surface area contributed by atoms with Gasteiger partial charge in [0, 0.05) is 37.3 Å². The second kappa shape index (κ2) is 7.83. The SMILES string of the molecule is C=C1NC(Cc2ccc(Cc3cn[nH]c3)cc2)C(=O)N(C)c2ccc(OC)cc21. The Morgan fingerprint density at radius 3 is 2.59 bits per heavy atom. The Hall–Kier alpha value is -3.54. The van der Waals surface area contributed by atoms with Gasteiger partial charge in [-0.15, -0.1) is 0 Å². The largest absolute Gasteiger partial charge is 0.497 e. The summed E-state index contributed by atoms with van der Waals surface area (Å²) in [5, 5.41) is 10.1.